The maximum Gasteiger partial charge on any atom is 0.0675 e. The highest BCUT2D eigenvalue weighted by Crippen LogP contribution is 2.29. The number of para-hydroxylation sites is 1. The molecule has 0 saturated carbocycles. The van der Waals surface area contributed by atoms with Gasteiger partial charge in [-0.15, -0.1) is 0 Å². The second kappa shape index (κ2) is 4.51. The summed E-state index contributed by atoms with van der Waals surface area (Å²) < 4.78 is 2.23. The number of nitrogens with zero attached hydrogens (tertiary/aromatic N) is 1. The van der Waals surface area contributed by atoms with Crippen LogP contribution in [0, 0.1) is 0 Å². The molecule has 0 aliphatic carbocycles. The van der Waals surface area contributed by atoms with Crippen molar-refractivity contribution in [2.75, 3.05) is 0 Å². The molecule has 2 aromatic carbocycles. The van der Waals surface area contributed by atoms with Gasteiger partial charge in [-0.05, 0) is 24.6 Å². The molecule has 0 spiro atoms. The highest BCUT2D eigenvalue weighted by molar-refractivity contribution is 6.35. The highest BCUT2D eigenvalue weighted by atomic mass is 35.5. The topological polar surface area (TPSA) is 4.93 Å². The quantitative estimate of drug-likeness (QED) is 0.614. The second-order valence-electron chi connectivity index (χ2n) is 4.49. The monoisotopic (exact) mass is 255 g/mol. The third-order valence-corrected chi connectivity index (χ3v) is 3.70. The van der Waals surface area contributed by atoms with Gasteiger partial charge in [-0.25, -0.2) is 0 Å². The first-order chi connectivity index (χ1) is 8.77. The van der Waals surface area contributed by atoms with Crippen molar-refractivity contribution >= 4 is 22.5 Å². The Morgan fingerprint density at radius 1 is 0.944 bits per heavy atom. The molecular weight excluding hydrogens is 242 g/mol. The van der Waals surface area contributed by atoms with Crippen molar-refractivity contribution in [1.82, 2.24) is 4.57 Å². The molecule has 3 aromatic rings. The van der Waals surface area contributed by atoms with E-state index in [1.54, 1.807) is 0 Å². The van der Waals surface area contributed by atoms with Crippen LogP contribution in [0.3, 0.4) is 0 Å². The van der Waals surface area contributed by atoms with E-state index >= 15 is 0 Å². The molecule has 0 saturated heterocycles. The minimum atomic E-state index is 0.281. The Labute approximate surface area is 112 Å². The molecule has 0 amide bonds. The van der Waals surface area contributed by atoms with Crippen LogP contribution in [0.2, 0.25) is 5.02 Å². The zero-order valence-corrected chi connectivity index (χ0v) is 10.9. The largest absolute Gasteiger partial charge is 0.339 e. The summed E-state index contributed by atoms with van der Waals surface area (Å²) in [6.45, 7) is 2.19. The van der Waals surface area contributed by atoms with Crippen LogP contribution in [-0.2, 0) is 0 Å². The molecule has 90 valence electrons. The van der Waals surface area contributed by atoms with Gasteiger partial charge in [-0.3, -0.25) is 0 Å². The highest BCUT2D eigenvalue weighted by Gasteiger charge is 2.11. The minimum Gasteiger partial charge on any atom is -0.339 e. The Kier molecular flexibility index (Phi) is 2.85. The average molecular weight is 256 g/mol. The molecule has 0 fully saturated rings. The fraction of sp³-hybridized carbons (Fsp3) is 0.125. The molecule has 1 aromatic heterocycles. The van der Waals surface area contributed by atoms with E-state index in [4.69, 9.17) is 11.6 Å². The van der Waals surface area contributed by atoms with E-state index in [0.717, 1.165) is 10.5 Å². The smallest absolute Gasteiger partial charge is 0.0675 e. The Hall–Kier alpha value is -1.73. The van der Waals surface area contributed by atoms with Crippen LogP contribution >= 0.6 is 11.6 Å². The number of hydrogen-bond acceptors (Lipinski definition) is 0. The molecule has 0 radical (unpaired) electrons. The van der Waals surface area contributed by atoms with Gasteiger partial charge in [0.1, 0.15) is 0 Å². The molecular formula is C16H14ClN. The van der Waals surface area contributed by atoms with Gasteiger partial charge < -0.3 is 4.57 Å². The van der Waals surface area contributed by atoms with Crippen molar-refractivity contribution in [2.45, 2.75) is 13.0 Å². The number of rotatable bonds is 2. The molecule has 0 aliphatic rings. The summed E-state index contributed by atoms with van der Waals surface area (Å²) >= 11 is 6.31. The Morgan fingerprint density at radius 2 is 1.72 bits per heavy atom. The predicted octanol–water partition coefficient (Wildman–Crippen LogP) is 4.90. The lowest BCUT2D eigenvalue weighted by Crippen LogP contribution is -2.05. The third-order valence-electron chi connectivity index (χ3n) is 3.39. The van der Waals surface area contributed by atoms with Crippen LogP contribution in [0.5, 0.6) is 0 Å². The van der Waals surface area contributed by atoms with Crippen LogP contribution in [-0.4, -0.2) is 4.57 Å². The first-order valence-corrected chi connectivity index (χ1v) is 6.45. The van der Waals surface area contributed by atoms with E-state index in [1.165, 1.54) is 10.9 Å². The molecule has 1 unspecified atom stereocenters. The molecule has 0 N–H and O–H groups in total. The number of hydrogen-bond donors (Lipinski definition) is 0. The zero-order chi connectivity index (χ0) is 12.5. The van der Waals surface area contributed by atoms with Crippen LogP contribution in [0.1, 0.15) is 18.5 Å². The van der Waals surface area contributed by atoms with Crippen molar-refractivity contribution in [1.29, 1.82) is 0 Å². The number of fused-ring (bicyclic) bond motifs is 1. The Morgan fingerprint density at radius 3 is 2.50 bits per heavy atom. The normalized spacial score (nSPS) is 12.8. The molecule has 0 aliphatic heterocycles. The number of halogens is 1. The van der Waals surface area contributed by atoms with Crippen molar-refractivity contribution in [3.63, 3.8) is 0 Å². The van der Waals surface area contributed by atoms with Gasteiger partial charge in [-0.2, -0.15) is 0 Å². The van der Waals surface area contributed by atoms with E-state index in [2.05, 4.69) is 54.1 Å². The summed E-state index contributed by atoms with van der Waals surface area (Å²) in [5, 5.41) is 1.99. The van der Waals surface area contributed by atoms with E-state index in [1.807, 2.05) is 18.2 Å². The lowest BCUT2D eigenvalue weighted by molar-refractivity contribution is 0.664. The lowest BCUT2D eigenvalue weighted by atomic mass is 10.1. The van der Waals surface area contributed by atoms with Gasteiger partial charge in [0, 0.05) is 11.6 Å². The van der Waals surface area contributed by atoms with Crippen molar-refractivity contribution in [3.05, 3.63) is 71.4 Å². The fourth-order valence-electron chi connectivity index (χ4n) is 2.39. The van der Waals surface area contributed by atoms with Gasteiger partial charge in [0.05, 0.1) is 16.6 Å². The van der Waals surface area contributed by atoms with E-state index in [0.29, 0.717) is 0 Å². The molecule has 2 heteroatoms. The molecule has 0 bridgehead atoms. The first kappa shape index (κ1) is 11.4. The van der Waals surface area contributed by atoms with E-state index < -0.39 is 0 Å². The maximum absolute atomic E-state index is 6.31. The van der Waals surface area contributed by atoms with Crippen molar-refractivity contribution in [3.8, 4) is 0 Å². The van der Waals surface area contributed by atoms with Gasteiger partial charge >= 0.3 is 0 Å². The van der Waals surface area contributed by atoms with Crippen LogP contribution < -0.4 is 0 Å². The second-order valence-corrected chi connectivity index (χ2v) is 4.89. The van der Waals surface area contributed by atoms with Gasteiger partial charge in [0.2, 0.25) is 0 Å². The Bertz CT molecular complexity index is 670. The first-order valence-electron chi connectivity index (χ1n) is 6.07. The summed E-state index contributed by atoms with van der Waals surface area (Å²) in [6.07, 6.45) is 2.11. The van der Waals surface area contributed by atoms with E-state index in [9.17, 15) is 0 Å². The molecule has 18 heavy (non-hydrogen) atoms. The molecule has 1 atom stereocenters. The summed E-state index contributed by atoms with van der Waals surface area (Å²) in [5.41, 5.74) is 2.39. The summed E-state index contributed by atoms with van der Waals surface area (Å²) in [5.74, 6) is 0. The van der Waals surface area contributed by atoms with Crippen LogP contribution in [0.4, 0.5) is 0 Å². The molecule has 1 heterocycles. The minimum absolute atomic E-state index is 0.281. The average Bonchev–Trinajstić information content (AvgIpc) is 2.84. The van der Waals surface area contributed by atoms with Crippen molar-refractivity contribution in [2.24, 2.45) is 0 Å². The SMILES string of the molecule is CC(c1ccccc1)n1ccc2cccc(Cl)c21. The standard InChI is InChI=1S/C16H14ClN/c1-12(13-6-3-2-4-7-13)18-11-10-14-8-5-9-15(17)16(14)18/h2-12H,1H3. The summed E-state index contributed by atoms with van der Waals surface area (Å²) in [6, 6.07) is 18.9. The van der Waals surface area contributed by atoms with Crippen LogP contribution in [0.25, 0.3) is 10.9 Å². The van der Waals surface area contributed by atoms with Gasteiger partial charge in [0.25, 0.3) is 0 Å². The third kappa shape index (κ3) is 1.81. The lowest BCUT2D eigenvalue weighted by Gasteiger charge is -2.16. The number of aromatic nitrogens is 1. The molecule has 3 rings (SSSR count). The number of benzene rings is 2. The molecule has 1 nitrogen and oxygen atoms in total. The summed E-state index contributed by atoms with van der Waals surface area (Å²) in [7, 11) is 0. The van der Waals surface area contributed by atoms with Crippen LogP contribution in [0.15, 0.2) is 60.8 Å². The van der Waals surface area contributed by atoms with Gasteiger partial charge in [-0.1, -0.05) is 54.1 Å². The van der Waals surface area contributed by atoms with E-state index in [-0.39, 0.29) is 6.04 Å². The fourth-order valence-corrected chi connectivity index (χ4v) is 2.67. The predicted molar refractivity (Wildman–Crippen MR) is 77.2 cm³/mol. The maximum atomic E-state index is 6.31. The van der Waals surface area contributed by atoms with Crippen molar-refractivity contribution < 1.29 is 0 Å². The zero-order valence-electron chi connectivity index (χ0n) is 10.2. The van der Waals surface area contributed by atoms with Gasteiger partial charge in [0.15, 0.2) is 0 Å². The summed E-state index contributed by atoms with van der Waals surface area (Å²) in [4.78, 5) is 0. The Balaban J connectivity index is 2.15.